The van der Waals surface area contributed by atoms with Crippen molar-refractivity contribution in [2.24, 2.45) is 0 Å². The van der Waals surface area contributed by atoms with Crippen molar-refractivity contribution in [2.75, 3.05) is 18.1 Å². The van der Waals surface area contributed by atoms with E-state index in [4.69, 9.17) is 23.2 Å². The molecule has 0 radical (unpaired) electrons. The molecule has 0 saturated carbocycles. The summed E-state index contributed by atoms with van der Waals surface area (Å²) in [6.07, 6.45) is 0.316. The summed E-state index contributed by atoms with van der Waals surface area (Å²) < 4.78 is 49.7. The van der Waals surface area contributed by atoms with Gasteiger partial charge in [0.25, 0.3) is 0 Å². The monoisotopic (exact) mass is 371 g/mol. The minimum atomic E-state index is -3.80. The second-order valence-electron chi connectivity index (χ2n) is 4.84. The van der Waals surface area contributed by atoms with E-state index in [1.165, 1.54) is 22.5 Å². The molecule has 118 valence electrons. The summed E-state index contributed by atoms with van der Waals surface area (Å²) in [5.74, 6) is -0.119. The zero-order chi connectivity index (χ0) is 15.8. The summed E-state index contributed by atoms with van der Waals surface area (Å²) in [6.45, 7) is 1.88. The molecular weight excluding hydrogens is 357 g/mol. The Balaban J connectivity index is 2.38. The Morgan fingerprint density at radius 3 is 2.43 bits per heavy atom. The Hall–Kier alpha value is -0.340. The highest BCUT2D eigenvalue weighted by Crippen LogP contribution is 2.29. The molecule has 0 aliphatic carbocycles. The normalized spacial score (nSPS) is 21.8. The Morgan fingerprint density at radius 1 is 1.29 bits per heavy atom. The molecule has 1 atom stereocenters. The summed E-state index contributed by atoms with van der Waals surface area (Å²) in [6, 6.07) is 3.54. The van der Waals surface area contributed by atoms with Gasteiger partial charge in [0.2, 0.25) is 10.0 Å². The molecule has 9 heteroatoms. The lowest BCUT2D eigenvalue weighted by Crippen LogP contribution is -2.40. The number of rotatable bonds is 4. The highest BCUT2D eigenvalue weighted by Gasteiger charge is 2.37. The summed E-state index contributed by atoms with van der Waals surface area (Å²) >= 11 is 11.7. The molecule has 5 nitrogen and oxygen atoms in total. The Kier molecular flexibility index (Phi) is 4.90. The summed E-state index contributed by atoms with van der Waals surface area (Å²) in [7, 11) is -6.96. The molecule has 0 unspecified atom stereocenters. The average Bonchev–Trinajstić information content (AvgIpc) is 2.73. The smallest absolute Gasteiger partial charge is 0.229 e. The largest absolute Gasteiger partial charge is 0.243 e. The number of sulfone groups is 1. The molecule has 1 aliphatic rings. The number of halogens is 2. The van der Waals surface area contributed by atoms with Crippen molar-refractivity contribution < 1.29 is 16.8 Å². The highest BCUT2D eigenvalue weighted by atomic mass is 35.5. The molecule has 1 aromatic carbocycles. The summed E-state index contributed by atoms with van der Waals surface area (Å²) in [4.78, 5) is 0.0167. The highest BCUT2D eigenvalue weighted by molar-refractivity contribution is 7.92. The molecule has 21 heavy (non-hydrogen) atoms. The second kappa shape index (κ2) is 6.04. The van der Waals surface area contributed by atoms with Gasteiger partial charge in [0, 0.05) is 12.6 Å². The van der Waals surface area contributed by atoms with Gasteiger partial charge in [-0.05, 0) is 24.6 Å². The maximum absolute atomic E-state index is 12.7. The molecule has 1 aliphatic heterocycles. The molecule has 0 bridgehead atoms. The molecular formula is C12H15Cl2NO4S2. The first-order chi connectivity index (χ1) is 9.67. The lowest BCUT2D eigenvalue weighted by atomic mass is 10.3. The van der Waals surface area contributed by atoms with E-state index in [-0.39, 0.29) is 33.0 Å². The van der Waals surface area contributed by atoms with Crippen LogP contribution in [0.3, 0.4) is 0 Å². The molecule has 0 N–H and O–H groups in total. The molecule has 0 spiro atoms. The van der Waals surface area contributed by atoms with Crippen LogP contribution < -0.4 is 0 Å². The van der Waals surface area contributed by atoms with Gasteiger partial charge in [0.05, 0.1) is 26.4 Å². The number of nitrogens with zero attached hydrogens (tertiary/aromatic N) is 1. The number of hydrogen-bond donors (Lipinski definition) is 0. The molecule has 1 heterocycles. The van der Waals surface area contributed by atoms with Crippen LogP contribution in [0.5, 0.6) is 0 Å². The van der Waals surface area contributed by atoms with Crippen molar-refractivity contribution in [2.45, 2.75) is 24.3 Å². The third kappa shape index (κ3) is 3.53. The Labute approximate surface area is 134 Å². The van der Waals surface area contributed by atoms with Crippen LogP contribution in [0.25, 0.3) is 0 Å². The van der Waals surface area contributed by atoms with Gasteiger partial charge in [0.15, 0.2) is 9.84 Å². The van der Waals surface area contributed by atoms with Crippen molar-refractivity contribution in [1.29, 1.82) is 0 Å². The van der Waals surface area contributed by atoms with Gasteiger partial charge < -0.3 is 0 Å². The van der Waals surface area contributed by atoms with Crippen LogP contribution in [0.1, 0.15) is 13.3 Å². The van der Waals surface area contributed by atoms with Gasteiger partial charge in [-0.2, -0.15) is 4.31 Å². The fourth-order valence-electron chi connectivity index (χ4n) is 2.40. The van der Waals surface area contributed by atoms with Crippen LogP contribution in [0.2, 0.25) is 10.0 Å². The van der Waals surface area contributed by atoms with Crippen LogP contribution in [0.15, 0.2) is 23.1 Å². The molecule has 2 rings (SSSR count). The van der Waals surface area contributed by atoms with Crippen LogP contribution in [0, 0.1) is 0 Å². The SMILES string of the molecule is CCN([C@H]1CCS(=O)(=O)C1)S(=O)(=O)c1ccc(Cl)c(Cl)c1. The van der Waals surface area contributed by atoms with Gasteiger partial charge >= 0.3 is 0 Å². The fourth-order valence-corrected chi connectivity index (χ4v) is 6.28. The van der Waals surface area contributed by atoms with Crippen LogP contribution in [-0.4, -0.2) is 45.2 Å². The van der Waals surface area contributed by atoms with Crippen molar-refractivity contribution in [3.63, 3.8) is 0 Å². The lowest BCUT2D eigenvalue weighted by Gasteiger charge is -2.26. The molecule has 1 aromatic rings. The predicted molar refractivity (Wildman–Crippen MR) is 83.1 cm³/mol. The van der Waals surface area contributed by atoms with Crippen molar-refractivity contribution in [3.05, 3.63) is 28.2 Å². The zero-order valence-electron chi connectivity index (χ0n) is 11.3. The van der Waals surface area contributed by atoms with Crippen LogP contribution in [-0.2, 0) is 19.9 Å². The van der Waals surface area contributed by atoms with Crippen LogP contribution >= 0.6 is 23.2 Å². The van der Waals surface area contributed by atoms with E-state index in [0.717, 1.165) is 0 Å². The van der Waals surface area contributed by atoms with Gasteiger partial charge in [-0.15, -0.1) is 0 Å². The van der Waals surface area contributed by atoms with E-state index in [1.807, 2.05) is 0 Å². The lowest BCUT2D eigenvalue weighted by molar-refractivity contribution is 0.354. The number of sulfonamides is 1. The molecule has 0 aromatic heterocycles. The summed E-state index contributed by atoms with van der Waals surface area (Å²) in [5, 5.41) is 0.412. The third-order valence-corrected chi connectivity index (χ3v) is 7.94. The number of hydrogen-bond acceptors (Lipinski definition) is 4. The van der Waals surface area contributed by atoms with Crippen molar-refractivity contribution in [3.8, 4) is 0 Å². The van der Waals surface area contributed by atoms with E-state index < -0.39 is 25.9 Å². The average molecular weight is 372 g/mol. The van der Waals surface area contributed by atoms with Gasteiger partial charge in [0.1, 0.15) is 0 Å². The Morgan fingerprint density at radius 2 is 1.95 bits per heavy atom. The second-order valence-corrected chi connectivity index (χ2v) is 9.77. The Bertz CT molecular complexity index is 747. The van der Waals surface area contributed by atoms with Crippen molar-refractivity contribution >= 4 is 43.1 Å². The summed E-state index contributed by atoms with van der Waals surface area (Å²) in [5.41, 5.74) is 0. The van der Waals surface area contributed by atoms with Crippen LogP contribution in [0.4, 0.5) is 0 Å². The van der Waals surface area contributed by atoms with E-state index in [2.05, 4.69) is 0 Å². The first-order valence-corrected chi connectivity index (χ1v) is 10.4. The standard InChI is InChI=1S/C12H15Cl2NO4S2/c1-2-15(9-5-6-20(16,17)8-9)21(18,19)10-3-4-11(13)12(14)7-10/h3-4,7,9H,2,5-6,8H2,1H3/t9-/m0/s1. The van der Waals surface area contributed by atoms with Gasteiger partial charge in [-0.25, -0.2) is 16.8 Å². The first kappa shape index (κ1) is 17.0. The minimum Gasteiger partial charge on any atom is -0.229 e. The number of benzene rings is 1. The maximum Gasteiger partial charge on any atom is 0.243 e. The van der Waals surface area contributed by atoms with E-state index >= 15 is 0 Å². The molecule has 0 amide bonds. The minimum absolute atomic E-state index is 0.0167. The van der Waals surface area contributed by atoms with E-state index in [9.17, 15) is 16.8 Å². The third-order valence-electron chi connectivity index (χ3n) is 3.42. The maximum atomic E-state index is 12.7. The fraction of sp³-hybridized carbons (Fsp3) is 0.500. The van der Waals surface area contributed by atoms with Gasteiger partial charge in [-0.3, -0.25) is 0 Å². The first-order valence-electron chi connectivity index (χ1n) is 6.34. The topological polar surface area (TPSA) is 71.5 Å². The van der Waals surface area contributed by atoms with E-state index in [1.54, 1.807) is 6.92 Å². The quantitative estimate of drug-likeness (QED) is 0.812. The van der Waals surface area contributed by atoms with Crippen molar-refractivity contribution in [1.82, 2.24) is 4.31 Å². The predicted octanol–water partition coefficient (Wildman–Crippen LogP) is 2.19. The van der Waals surface area contributed by atoms with Gasteiger partial charge in [-0.1, -0.05) is 30.1 Å². The zero-order valence-corrected chi connectivity index (χ0v) is 14.4. The molecule has 1 fully saturated rings. The molecule has 1 saturated heterocycles. The van der Waals surface area contributed by atoms with E-state index in [0.29, 0.717) is 6.42 Å².